The van der Waals surface area contributed by atoms with Gasteiger partial charge in [-0.25, -0.2) is 4.98 Å². The smallest absolute Gasteiger partial charge is 0.120 e. The Labute approximate surface area is 121 Å². The van der Waals surface area contributed by atoms with Crippen LogP contribution >= 0.6 is 15.9 Å². The first-order valence-corrected chi connectivity index (χ1v) is 7.12. The number of aliphatic hydroxyl groups is 1. The third-order valence-electron chi connectivity index (χ3n) is 2.94. The summed E-state index contributed by atoms with van der Waals surface area (Å²) in [4.78, 5) is 7.66. The highest BCUT2D eigenvalue weighted by molar-refractivity contribution is 9.10. The predicted molar refractivity (Wildman–Crippen MR) is 79.7 cm³/mol. The molecular formula is C14H18BrN3O. The van der Waals surface area contributed by atoms with Crippen molar-refractivity contribution < 1.29 is 5.11 Å². The van der Waals surface area contributed by atoms with E-state index < -0.39 is 0 Å². The van der Waals surface area contributed by atoms with E-state index in [9.17, 15) is 0 Å². The molecule has 0 aliphatic heterocycles. The normalized spacial score (nSPS) is 12.6. The molecule has 1 atom stereocenters. The van der Waals surface area contributed by atoms with Crippen molar-refractivity contribution in [3.8, 4) is 11.3 Å². The second-order valence-electron chi connectivity index (χ2n) is 4.55. The molecule has 0 spiro atoms. The molecule has 2 aromatic rings. The van der Waals surface area contributed by atoms with Crippen LogP contribution in [0.25, 0.3) is 11.3 Å². The molecule has 1 heterocycles. The minimum Gasteiger partial charge on any atom is -0.396 e. The van der Waals surface area contributed by atoms with E-state index in [0.717, 1.165) is 28.0 Å². The molecule has 1 aromatic carbocycles. The van der Waals surface area contributed by atoms with Crippen LogP contribution in [0.2, 0.25) is 0 Å². The molecule has 3 N–H and O–H groups in total. The number of rotatable bonds is 6. The average Bonchev–Trinajstić information content (AvgIpc) is 2.85. The minimum absolute atomic E-state index is 0.204. The van der Waals surface area contributed by atoms with Gasteiger partial charge in [-0.2, -0.15) is 0 Å². The van der Waals surface area contributed by atoms with Gasteiger partial charge in [0.25, 0.3) is 0 Å². The van der Waals surface area contributed by atoms with Crippen molar-refractivity contribution in [3.05, 3.63) is 40.8 Å². The number of aromatic nitrogens is 2. The summed E-state index contributed by atoms with van der Waals surface area (Å²) in [6, 6.07) is 8.38. The summed E-state index contributed by atoms with van der Waals surface area (Å²) in [5.74, 6) is 0.903. The Kier molecular flexibility index (Phi) is 5.13. The molecule has 0 radical (unpaired) electrons. The van der Waals surface area contributed by atoms with Crippen LogP contribution in [0.5, 0.6) is 0 Å². The van der Waals surface area contributed by atoms with Crippen molar-refractivity contribution >= 4 is 15.9 Å². The zero-order valence-corrected chi connectivity index (χ0v) is 12.4. The zero-order valence-electron chi connectivity index (χ0n) is 10.9. The van der Waals surface area contributed by atoms with E-state index in [4.69, 9.17) is 5.11 Å². The van der Waals surface area contributed by atoms with Crippen LogP contribution in [-0.2, 0) is 6.54 Å². The summed E-state index contributed by atoms with van der Waals surface area (Å²) in [5, 5.41) is 12.2. The standard InChI is InChI=1S/C14H18BrN3O/c1-10(5-6-19)16-9-14-17-8-13(18-14)11-3-2-4-12(15)7-11/h2-4,7-8,10,16,19H,5-6,9H2,1H3,(H,17,18). The highest BCUT2D eigenvalue weighted by atomic mass is 79.9. The number of hydrogen-bond acceptors (Lipinski definition) is 3. The highest BCUT2D eigenvalue weighted by Gasteiger charge is 2.05. The Morgan fingerprint density at radius 1 is 1.47 bits per heavy atom. The third-order valence-corrected chi connectivity index (χ3v) is 3.44. The molecule has 2 rings (SSSR count). The second-order valence-corrected chi connectivity index (χ2v) is 5.46. The quantitative estimate of drug-likeness (QED) is 0.766. The molecule has 0 saturated carbocycles. The van der Waals surface area contributed by atoms with E-state index in [2.05, 4.69) is 37.3 Å². The van der Waals surface area contributed by atoms with E-state index >= 15 is 0 Å². The Bertz CT molecular complexity index is 527. The van der Waals surface area contributed by atoms with Crippen molar-refractivity contribution in [2.45, 2.75) is 25.9 Å². The number of imidazole rings is 1. The lowest BCUT2D eigenvalue weighted by Gasteiger charge is -2.10. The van der Waals surface area contributed by atoms with Crippen LogP contribution in [-0.4, -0.2) is 27.7 Å². The van der Waals surface area contributed by atoms with Gasteiger partial charge >= 0.3 is 0 Å². The Balaban J connectivity index is 1.99. The molecule has 0 bridgehead atoms. The Morgan fingerprint density at radius 2 is 2.32 bits per heavy atom. The van der Waals surface area contributed by atoms with Gasteiger partial charge in [0.15, 0.2) is 0 Å². The maximum absolute atomic E-state index is 8.84. The van der Waals surface area contributed by atoms with Gasteiger partial charge in [-0.1, -0.05) is 28.1 Å². The van der Waals surface area contributed by atoms with E-state index in [1.165, 1.54) is 0 Å². The number of hydrogen-bond donors (Lipinski definition) is 3. The summed E-state index contributed by atoms with van der Waals surface area (Å²) in [5.41, 5.74) is 2.12. The van der Waals surface area contributed by atoms with Gasteiger partial charge in [-0.05, 0) is 25.5 Å². The number of benzene rings is 1. The number of aromatic amines is 1. The lowest BCUT2D eigenvalue weighted by molar-refractivity contribution is 0.268. The first-order chi connectivity index (χ1) is 9.19. The summed E-state index contributed by atoms with van der Waals surface area (Å²) < 4.78 is 1.05. The second kappa shape index (κ2) is 6.84. The third kappa shape index (κ3) is 4.16. The number of H-pyrrole nitrogens is 1. The molecule has 0 saturated heterocycles. The van der Waals surface area contributed by atoms with Gasteiger partial charge in [0.1, 0.15) is 5.82 Å². The van der Waals surface area contributed by atoms with Gasteiger partial charge in [0, 0.05) is 22.7 Å². The molecule has 5 heteroatoms. The van der Waals surface area contributed by atoms with Gasteiger partial charge in [-0.3, -0.25) is 0 Å². The topological polar surface area (TPSA) is 60.9 Å². The van der Waals surface area contributed by atoms with E-state index in [1.807, 2.05) is 31.3 Å². The van der Waals surface area contributed by atoms with Crippen LogP contribution < -0.4 is 5.32 Å². The Hall–Kier alpha value is -1.17. The summed E-state index contributed by atoms with van der Waals surface area (Å²) in [7, 11) is 0. The van der Waals surface area contributed by atoms with Gasteiger partial charge in [-0.15, -0.1) is 0 Å². The molecule has 4 nitrogen and oxygen atoms in total. The van der Waals surface area contributed by atoms with Gasteiger partial charge in [0.2, 0.25) is 0 Å². The summed E-state index contributed by atoms with van der Waals surface area (Å²) >= 11 is 3.46. The largest absolute Gasteiger partial charge is 0.396 e. The fourth-order valence-corrected chi connectivity index (χ4v) is 2.22. The number of aliphatic hydroxyl groups excluding tert-OH is 1. The SMILES string of the molecule is CC(CCO)NCc1ncc(-c2cccc(Br)c2)[nH]1. The van der Waals surface area contributed by atoms with E-state index in [1.54, 1.807) is 0 Å². The van der Waals surface area contributed by atoms with Crippen LogP contribution in [0.3, 0.4) is 0 Å². The van der Waals surface area contributed by atoms with Gasteiger partial charge < -0.3 is 15.4 Å². The fraction of sp³-hybridized carbons (Fsp3) is 0.357. The maximum atomic E-state index is 8.84. The first kappa shape index (κ1) is 14.2. The fourth-order valence-electron chi connectivity index (χ4n) is 1.82. The molecule has 0 fully saturated rings. The number of halogens is 1. The monoisotopic (exact) mass is 323 g/mol. The van der Waals surface area contributed by atoms with Crippen molar-refractivity contribution in [1.29, 1.82) is 0 Å². The average molecular weight is 324 g/mol. The lowest BCUT2D eigenvalue weighted by atomic mass is 10.2. The number of nitrogens with one attached hydrogen (secondary N) is 2. The molecule has 19 heavy (non-hydrogen) atoms. The molecule has 0 aliphatic rings. The molecule has 1 aromatic heterocycles. The van der Waals surface area contributed by atoms with E-state index in [0.29, 0.717) is 6.54 Å². The molecule has 1 unspecified atom stereocenters. The van der Waals surface area contributed by atoms with Crippen molar-refractivity contribution in [3.63, 3.8) is 0 Å². The molecular weight excluding hydrogens is 306 g/mol. The van der Waals surface area contributed by atoms with Crippen LogP contribution in [0, 0.1) is 0 Å². The van der Waals surface area contributed by atoms with Crippen molar-refractivity contribution in [2.24, 2.45) is 0 Å². The molecule has 0 amide bonds. The summed E-state index contributed by atoms with van der Waals surface area (Å²) in [6.07, 6.45) is 2.59. The van der Waals surface area contributed by atoms with Crippen molar-refractivity contribution in [1.82, 2.24) is 15.3 Å². The van der Waals surface area contributed by atoms with Crippen LogP contribution in [0.4, 0.5) is 0 Å². The Morgan fingerprint density at radius 3 is 3.05 bits per heavy atom. The van der Waals surface area contributed by atoms with Crippen LogP contribution in [0.1, 0.15) is 19.2 Å². The van der Waals surface area contributed by atoms with Crippen LogP contribution in [0.15, 0.2) is 34.9 Å². The first-order valence-electron chi connectivity index (χ1n) is 6.33. The van der Waals surface area contributed by atoms with E-state index in [-0.39, 0.29) is 12.6 Å². The predicted octanol–water partition coefficient (Wildman–Crippen LogP) is 2.70. The molecule has 102 valence electrons. The maximum Gasteiger partial charge on any atom is 0.120 e. The number of nitrogens with zero attached hydrogens (tertiary/aromatic N) is 1. The lowest BCUT2D eigenvalue weighted by Crippen LogP contribution is -2.26. The highest BCUT2D eigenvalue weighted by Crippen LogP contribution is 2.21. The zero-order chi connectivity index (χ0) is 13.7. The minimum atomic E-state index is 0.204. The summed E-state index contributed by atoms with van der Waals surface area (Å²) in [6.45, 7) is 2.93. The van der Waals surface area contributed by atoms with Crippen molar-refractivity contribution in [2.75, 3.05) is 6.61 Å². The van der Waals surface area contributed by atoms with Gasteiger partial charge in [0.05, 0.1) is 18.4 Å². The molecule has 0 aliphatic carbocycles.